The van der Waals surface area contributed by atoms with Crippen LogP contribution >= 0.6 is 12.6 Å². The average molecular weight is 1200 g/mol. The average Bonchev–Trinajstić information content (AvgIpc) is 4.26. The smallest absolute Gasteiger partial charge is 0.376 e. The Bertz CT molecular complexity index is 2430. The van der Waals surface area contributed by atoms with Crippen LogP contribution in [-0.2, 0) is 55.8 Å². The fourth-order valence-electron chi connectivity index (χ4n) is 10.0. The Morgan fingerprint density at radius 3 is 2.02 bits per heavy atom. The molecule has 2 fully saturated rings. The maximum absolute atomic E-state index is 14.8. The van der Waals surface area contributed by atoms with Gasteiger partial charge in [-0.15, -0.1) is 6.58 Å². The van der Waals surface area contributed by atoms with Gasteiger partial charge in [-0.2, -0.15) is 25.8 Å². The predicted molar refractivity (Wildman–Crippen MR) is 316 cm³/mol. The predicted octanol–water partition coefficient (Wildman–Crippen LogP) is 1.43. The minimum atomic E-state index is -4.60. The van der Waals surface area contributed by atoms with Gasteiger partial charge in [-0.1, -0.05) is 48.5 Å². The number of carbonyl (C=O) groups excluding carboxylic acids is 8. The summed E-state index contributed by atoms with van der Waals surface area (Å²) in [5.74, 6) is -3.68. The van der Waals surface area contributed by atoms with Crippen molar-refractivity contribution in [3.8, 4) is 0 Å². The summed E-state index contributed by atoms with van der Waals surface area (Å²) in [7, 11) is 0. The van der Waals surface area contributed by atoms with Crippen LogP contribution in [0.25, 0.3) is 0 Å². The SMILES string of the molecule is C=CCN(CC(=O)N(CC(=O)N(CCCN1CCCC1=O)CCN(CCCCN)CC(=O)N(CCCCN)CC(=O)NC(CS)C(N)=O)CC1CCCO1)C(=O)CN(CCN(Cc1cccc(C(F)(F)F)c1)C(=O)CN)C(C)c1ccccc1. The van der Waals surface area contributed by atoms with Crippen molar-refractivity contribution in [1.29, 1.82) is 0 Å². The zero-order chi connectivity index (χ0) is 61.6. The summed E-state index contributed by atoms with van der Waals surface area (Å²) in [6.07, 6.45) is 1.82. The number of ether oxygens (including phenoxy) is 1. The molecular weight excluding hydrogens is 1110 g/mol. The van der Waals surface area contributed by atoms with Gasteiger partial charge in [0.25, 0.3) is 0 Å². The number of carbonyl (C=O) groups is 8. The van der Waals surface area contributed by atoms with Gasteiger partial charge in [-0.3, -0.25) is 48.2 Å². The monoisotopic (exact) mass is 1200 g/mol. The largest absolute Gasteiger partial charge is 0.416 e. The van der Waals surface area contributed by atoms with Crippen molar-refractivity contribution in [3.05, 3.63) is 83.9 Å². The molecule has 0 spiro atoms. The highest BCUT2D eigenvalue weighted by Crippen LogP contribution is 2.30. The van der Waals surface area contributed by atoms with Gasteiger partial charge in [-0.05, 0) is 101 Å². The normalized spacial score (nSPS) is 15.0. The molecule has 2 aliphatic rings. The third-order valence-electron chi connectivity index (χ3n) is 14.9. The van der Waals surface area contributed by atoms with Crippen LogP contribution in [0.4, 0.5) is 13.2 Å². The van der Waals surface area contributed by atoms with E-state index in [1.807, 2.05) is 47.1 Å². The molecule has 0 saturated carbocycles. The van der Waals surface area contributed by atoms with Crippen LogP contribution < -0.4 is 28.3 Å². The summed E-state index contributed by atoms with van der Waals surface area (Å²) in [6.45, 7) is 7.07. The lowest BCUT2D eigenvalue weighted by Crippen LogP contribution is -2.52. The number of likely N-dealkylation sites (tertiary alicyclic amines) is 1. The van der Waals surface area contributed by atoms with Crippen LogP contribution in [0.1, 0.15) is 87.4 Å². The summed E-state index contributed by atoms with van der Waals surface area (Å²) in [5, 5.41) is 2.54. The molecule has 0 aliphatic carbocycles. The minimum absolute atomic E-state index is 0.00950. The van der Waals surface area contributed by atoms with E-state index in [9.17, 15) is 51.5 Å². The molecule has 4 rings (SSSR count). The molecule has 22 nitrogen and oxygen atoms in total. The summed E-state index contributed by atoms with van der Waals surface area (Å²) < 4.78 is 47.0. The lowest BCUT2D eigenvalue weighted by molar-refractivity contribution is -0.145. The van der Waals surface area contributed by atoms with E-state index >= 15 is 0 Å². The standard InChI is InChI=1S/C58H90F3N13O9S/c1-3-23-71(55(80)40-70(44(2)46-16-5-4-6-17-46)31-32-73(52(77)35-64)36-45-15-11-18-47(34-45)58(59,60)61)41-56(81)74(37-48-19-13-33-83-48)42-54(79)69(28-14-27-68-26-12-20-51(68)76)30-29-67(24-9-7-21-62)39-53(78)72(25-10-8-22-63)38-50(75)66-49(43-84)57(65)82/h3-6,11,15-18,34,44,48-49,84H,1,7-10,12-14,19-33,35-43,62-64H2,2H3,(H2,65,82)(H,66,75). The molecule has 0 aromatic heterocycles. The number of hydrogen-bond donors (Lipinski definition) is 6. The number of nitrogens with two attached hydrogens (primary N) is 4. The molecule has 2 saturated heterocycles. The molecule has 8 amide bonds. The molecule has 468 valence electrons. The first-order chi connectivity index (χ1) is 40.2. The van der Waals surface area contributed by atoms with E-state index in [4.69, 9.17) is 27.7 Å². The fourth-order valence-corrected chi connectivity index (χ4v) is 10.3. The topological polar surface area (TPSA) is 288 Å². The van der Waals surface area contributed by atoms with E-state index < -0.39 is 78.5 Å². The number of unbranched alkanes of at least 4 members (excludes halogenated alkanes) is 2. The Balaban J connectivity index is 1.59. The van der Waals surface area contributed by atoms with Gasteiger partial charge in [0.2, 0.25) is 47.3 Å². The first kappa shape index (κ1) is 70.3. The Kier molecular flexibility index (Phi) is 31.2. The number of nitrogens with one attached hydrogen (secondary N) is 1. The van der Waals surface area contributed by atoms with Crippen LogP contribution in [0.2, 0.25) is 0 Å². The number of rotatable bonds is 40. The number of thiol groups is 1. The molecule has 2 heterocycles. The highest BCUT2D eigenvalue weighted by atomic mass is 32.1. The number of amides is 8. The van der Waals surface area contributed by atoms with Crippen molar-refractivity contribution < 1.29 is 56.3 Å². The van der Waals surface area contributed by atoms with Gasteiger partial charge >= 0.3 is 6.18 Å². The first-order valence-electron chi connectivity index (χ1n) is 29.1. The number of hydrogen-bond acceptors (Lipinski definition) is 15. The van der Waals surface area contributed by atoms with Crippen molar-refractivity contribution in [3.63, 3.8) is 0 Å². The Labute approximate surface area is 498 Å². The van der Waals surface area contributed by atoms with Gasteiger partial charge in [0.15, 0.2) is 0 Å². The van der Waals surface area contributed by atoms with Crippen molar-refractivity contribution in [1.82, 2.24) is 44.5 Å². The van der Waals surface area contributed by atoms with Crippen molar-refractivity contribution in [2.24, 2.45) is 22.9 Å². The number of nitrogens with zero attached hydrogens (tertiary/aromatic N) is 8. The second-order valence-electron chi connectivity index (χ2n) is 21.3. The zero-order valence-electron chi connectivity index (χ0n) is 48.8. The van der Waals surface area contributed by atoms with E-state index in [0.29, 0.717) is 84.3 Å². The minimum Gasteiger partial charge on any atom is -0.376 e. The molecule has 84 heavy (non-hydrogen) atoms. The molecule has 2 aromatic rings. The maximum atomic E-state index is 14.8. The molecule has 0 bridgehead atoms. The summed E-state index contributed by atoms with van der Waals surface area (Å²) >= 11 is 4.11. The van der Waals surface area contributed by atoms with E-state index in [1.165, 1.54) is 37.8 Å². The summed E-state index contributed by atoms with van der Waals surface area (Å²) in [4.78, 5) is 122. The number of halogens is 3. The highest BCUT2D eigenvalue weighted by Gasteiger charge is 2.33. The van der Waals surface area contributed by atoms with E-state index in [-0.39, 0.29) is 108 Å². The van der Waals surface area contributed by atoms with Crippen LogP contribution in [0.15, 0.2) is 67.3 Å². The number of benzene rings is 2. The molecular formula is C58H90F3N13O9S. The van der Waals surface area contributed by atoms with Gasteiger partial charge in [0.1, 0.15) is 12.6 Å². The van der Waals surface area contributed by atoms with Crippen molar-refractivity contribution in [2.45, 2.75) is 95.6 Å². The molecule has 3 atom stereocenters. The summed E-state index contributed by atoms with van der Waals surface area (Å²) in [6, 6.07) is 12.5. The Morgan fingerprint density at radius 2 is 1.40 bits per heavy atom. The van der Waals surface area contributed by atoms with Crippen molar-refractivity contribution in [2.75, 3.05) is 137 Å². The number of primary amides is 1. The third-order valence-corrected chi connectivity index (χ3v) is 15.3. The van der Waals surface area contributed by atoms with E-state index in [0.717, 1.165) is 30.5 Å². The molecule has 9 N–H and O–H groups in total. The maximum Gasteiger partial charge on any atom is 0.416 e. The lowest BCUT2D eigenvalue weighted by atomic mass is 10.1. The second kappa shape index (κ2) is 37.3. The Morgan fingerprint density at radius 1 is 0.750 bits per heavy atom. The quantitative estimate of drug-likeness (QED) is 0.0313. The van der Waals surface area contributed by atoms with Crippen LogP contribution in [0.5, 0.6) is 0 Å². The van der Waals surface area contributed by atoms with Gasteiger partial charge < -0.3 is 62.4 Å². The molecule has 2 aromatic carbocycles. The zero-order valence-corrected chi connectivity index (χ0v) is 49.7. The third kappa shape index (κ3) is 24.4. The van der Waals surface area contributed by atoms with Crippen molar-refractivity contribution >= 4 is 59.9 Å². The highest BCUT2D eigenvalue weighted by molar-refractivity contribution is 7.80. The van der Waals surface area contributed by atoms with E-state index in [1.54, 1.807) is 9.80 Å². The lowest BCUT2D eigenvalue weighted by Gasteiger charge is -2.34. The molecule has 26 heteroatoms. The molecule has 3 unspecified atom stereocenters. The fraction of sp³-hybridized carbons (Fsp3) is 0.621. The second-order valence-corrected chi connectivity index (χ2v) is 21.6. The Hall–Kier alpha value is -6.16. The van der Waals surface area contributed by atoms with Gasteiger partial charge in [0, 0.05) is 96.8 Å². The number of alkyl halides is 3. The molecule has 0 radical (unpaired) electrons. The van der Waals surface area contributed by atoms with E-state index in [2.05, 4.69) is 24.5 Å². The first-order valence-corrected chi connectivity index (χ1v) is 29.7. The van der Waals surface area contributed by atoms with Gasteiger partial charge in [-0.25, -0.2) is 0 Å². The van der Waals surface area contributed by atoms with Gasteiger partial charge in [0.05, 0.1) is 44.4 Å². The molecule has 2 aliphatic heterocycles. The van der Waals surface area contributed by atoms with Crippen LogP contribution in [0.3, 0.4) is 0 Å². The van der Waals surface area contributed by atoms with Crippen LogP contribution in [-0.4, -0.2) is 235 Å². The van der Waals surface area contributed by atoms with Crippen LogP contribution in [0, 0.1) is 0 Å². The summed E-state index contributed by atoms with van der Waals surface area (Å²) in [5.41, 5.74) is 23.1.